The predicted octanol–water partition coefficient (Wildman–Crippen LogP) is 3.19. The minimum absolute atomic E-state index is 0.354. The molecule has 0 radical (unpaired) electrons. The molecule has 0 spiro atoms. The van der Waals surface area contributed by atoms with Crippen LogP contribution in [0.2, 0.25) is 0 Å². The molecule has 2 atom stereocenters. The summed E-state index contributed by atoms with van der Waals surface area (Å²) in [5.74, 6) is 0.220. The third-order valence-electron chi connectivity index (χ3n) is 2.51. The Labute approximate surface area is 124 Å². The van der Waals surface area contributed by atoms with Crippen molar-refractivity contribution in [1.82, 2.24) is 5.32 Å². The molecule has 1 rings (SSSR count). The molecule has 1 heterocycles. The monoisotopic (exact) mass is 297 g/mol. The summed E-state index contributed by atoms with van der Waals surface area (Å²) in [5, 5.41) is 2.73. The number of carbonyl (C=O) groups is 2. The SMILES string of the molecule is CC(=O)O[C@H](C)CC(NC(=O)OC(C)(C)C)c1ccco1. The average molecular weight is 297 g/mol. The normalized spacial score (nSPS) is 14.1. The van der Waals surface area contributed by atoms with Crippen molar-refractivity contribution in [2.75, 3.05) is 0 Å². The van der Waals surface area contributed by atoms with E-state index in [9.17, 15) is 9.59 Å². The summed E-state index contributed by atoms with van der Waals surface area (Å²) in [4.78, 5) is 22.9. The zero-order chi connectivity index (χ0) is 16.0. The Hall–Kier alpha value is -1.98. The van der Waals surface area contributed by atoms with Gasteiger partial charge in [0.1, 0.15) is 17.5 Å². The van der Waals surface area contributed by atoms with Crippen LogP contribution in [0.4, 0.5) is 4.79 Å². The number of amides is 1. The zero-order valence-electron chi connectivity index (χ0n) is 13.1. The van der Waals surface area contributed by atoms with Crippen LogP contribution in [-0.4, -0.2) is 23.8 Å². The van der Waals surface area contributed by atoms with Crippen molar-refractivity contribution in [3.63, 3.8) is 0 Å². The van der Waals surface area contributed by atoms with Crippen LogP contribution >= 0.6 is 0 Å². The van der Waals surface area contributed by atoms with Crippen LogP contribution in [0.15, 0.2) is 22.8 Å². The number of furan rings is 1. The van der Waals surface area contributed by atoms with Crippen molar-refractivity contribution < 1.29 is 23.5 Å². The Morgan fingerprint density at radius 1 is 1.38 bits per heavy atom. The smallest absolute Gasteiger partial charge is 0.408 e. The van der Waals surface area contributed by atoms with Gasteiger partial charge in [0, 0.05) is 13.3 Å². The van der Waals surface area contributed by atoms with E-state index in [1.807, 2.05) is 0 Å². The maximum atomic E-state index is 11.9. The molecule has 1 amide bonds. The van der Waals surface area contributed by atoms with Gasteiger partial charge in [-0.15, -0.1) is 0 Å². The van der Waals surface area contributed by atoms with E-state index in [1.165, 1.54) is 13.2 Å². The van der Waals surface area contributed by atoms with Gasteiger partial charge in [0.05, 0.1) is 12.3 Å². The van der Waals surface area contributed by atoms with Crippen LogP contribution in [0, 0.1) is 0 Å². The predicted molar refractivity (Wildman–Crippen MR) is 76.7 cm³/mol. The molecular weight excluding hydrogens is 274 g/mol. The maximum absolute atomic E-state index is 11.9. The first-order valence-corrected chi connectivity index (χ1v) is 6.87. The fourth-order valence-electron chi connectivity index (χ4n) is 1.85. The van der Waals surface area contributed by atoms with Gasteiger partial charge in [-0.3, -0.25) is 4.79 Å². The molecule has 1 unspecified atom stereocenters. The summed E-state index contributed by atoms with van der Waals surface area (Å²) in [6.45, 7) is 8.47. The van der Waals surface area contributed by atoms with E-state index in [2.05, 4.69) is 5.32 Å². The van der Waals surface area contributed by atoms with Crippen molar-refractivity contribution in [2.24, 2.45) is 0 Å². The zero-order valence-corrected chi connectivity index (χ0v) is 13.1. The second kappa shape index (κ2) is 7.15. The molecule has 1 aromatic rings. The fraction of sp³-hybridized carbons (Fsp3) is 0.600. The Balaban J connectivity index is 2.70. The van der Waals surface area contributed by atoms with Crippen molar-refractivity contribution >= 4 is 12.1 Å². The van der Waals surface area contributed by atoms with Crippen molar-refractivity contribution in [3.8, 4) is 0 Å². The summed E-state index contributed by atoms with van der Waals surface area (Å²) in [5.41, 5.74) is -0.584. The third-order valence-corrected chi connectivity index (χ3v) is 2.51. The van der Waals surface area contributed by atoms with Gasteiger partial charge < -0.3 is 19.2 Å². The van der Waals surface area contributed by atoms with Crippen LogP contribution in [0.5, 0.6) is 0 Å². The van der Waals surface area contributed by atoms with Gasteiger partial charge in [-0.1, -0.05) is 0 Å². The van der Waals surface area contributed by atoms with Gasteiger partial charge in [-0.05, 0) is 39.8 Å². The molecule has 1 aromatic heterocycles. The maximum Gasteiger partial charge on any atom is 0.408 e. The molecule has 0 fully saturated rings. The van der Waals surface area contributed by atoms with E-state index in [4.69, 9.17) is 13.9 Å². The quantitative estimate of drug-likeness (QED) is 0.844. The lowest BCUT2D eigenvalue weighted by atomic mass is 10.1. The molecule has 0 aliphatic heterocycles. The molecule has 0 aliphatic rings. The lowest BCUT2D eigenvalue weighted by Crippen LogP contribution is -2.36. The van der Waals surface area contributed by atoms with Crippen LogP contribution in [0.3, 0.4) is 0 Å². The van der Waals surface area contributed by atoms with E-state index < -0.39 is 17.7 Å². The Kier molecular flexibility index (Phi) is 5.81. The molecule has 6 heteroatoms. The highest BCUT2D eigenvalue weighted by atomic mass is 16.6. The number of alkyl carbamates (subject to hydrolysis) is 1. The van der Waals surface area contributed by atoms with Crippen molar-refractivity contribution in [3.05, 3.63) is 24.2 Å². The molecule has 1 N–H and O–H groups in total. The van der Waals surface area contributed by atoms with Gasteiger partial charge in [0.2, 0.25) is 0 Å². The molecule has 0 saturated heterocycles. The summed E-state index contributed by atoms with van der Waals surface area (Å²) in [6.07, 6.45) is 1.02. The third kappa shape index (κ3) is 6.83. The van der Waals surface area contributed by atoms with E-state index in [-0.39, 0.29) is 12.1 Å². The lowest BCUT2D eigenvalue weighted by molar-refractivity contribution is -0.146. The summed E-state index contributed by atoms with van der Waals surface area (Å²) in [7, 11) is 0. The van der Waals surface area contributed by atoms with Crippen LogP contribution < -0.4 is 5.32 Å². The lowest BCUT2D eigenvalue weighted by Gasteiger charge is -2.24. The van der Waals surface area contributed by atoms with Crippen LogP contribution in [0.1, 0.15) is 52.8 Å². The number of hydrogen-bond donors (Lipinski definition) is 1. The highest BCUT2D eigenvalue weighted by molar-refractivity contribution is 5.68. The summed E-state index contributed by atoms with van der Waals surface area (Å²) < 4.78 is 15.6. The largest absolute Gasteiger partial charge is 0.467 e. The minimum Gasteiger partial charge on any atom is -0.467 e. The Morgan fingerprint density at radius 2 is 2.05 bits per heavy atom. The number of nitrogens with one attached hydrogen (secondary N) is 1. The average Bonchev–Trinajstić information content (AvgIpc) is 2.76. The summed E-state index contributed by atoms with van der Waals surface area (Å²) in [6, 6.07) is 3.06. The minimum atomic E-state index is -0.584. The van der Waals surface area contributed by atoms with E-state index in [0.29, 0.717) is 12.2 Å². The van der Waals surface area contributed by atoms with Crippen molar-refractivity contribution in [1.29, 1.82) is 0 Å². The van der Waals surface area contributed by atoms with Gasteiger partial charge >= 0.3 is 12.1 Å². The highest BCUT2D eigenvalue weighted by Crippen LogP contribution is 2.21. The van der Waals surface area contributed by atoms with E-state index in [1.54, 1.807) is 39.8 Å². The van der Waals surface area contributed by atoms with Gasteiger partial charge in [0.15, 0.2) is 0 Å². The number of hydrogen-bond acceptors (Lipinski definition) is 5. The van der Waals surface area contributed by atoms with Gasteiger partial charge in [-0.25, -0.2) is 4.79 Å². The first kappa shape index (κ1) is 17.1. The number of ether oxygens (including phenoxy) is 2. The topological polar surface area (TPSA) is 77.8 Å². The van der Waals surface area contributed by atoms with Gasteiger partial charge in [0.25, 0.3) is 0 Å². The molecule has 21 heavy (non-hydrogen) atoms. The number of rotatable bonds is 5. The van der Waals surface area contributed by atoms with Crippen LogP contribution in [-0.2, 0) is 14.3 Å². The fourth-order valence-corrected chi connectivity index (χ4v) is 1.85. The van der Waals surface area contributed by atoms with Crippen LogP contribution in [0.25, 0.3) is 0 Å². The van der Waals surface area contributed by atoms with E-state index in [0.717, 1.165) is 0 Å². The molecule has 0 saturated carbocycles. The molecule has 0 bridgehead atoms. The van der Waals surface area contributed by atoms with E-state index >= 15 is 0 Å². The standard InChI is InChI=1S/C15H23NO5/c1-10(20-11(2)17)9-12(13-7-6-8-19-13)16-14(18)21-15(3,4)5/h6-8,10,12H,9H2,1-5H3,(H,16,18)/t10-,12?/m1/s1. The number of carbonyl (C=O) groups excluding carboxylic acids is 2. The molecular formula is C15H23NO5. The van der Waals surface area contributed by atoms with Crippen molar-refractivity contribution in [2.45, 2.75) is 58.8 Å². The second-order valence-corrected chi connectivity index (χ2v) is 5.87. The number of esters is 1. The van der Waals surface area contributed by atoms with Gasteiger partial charge in [-0.2, -0.15) is 0 Å². The molecule has 0 aromatic carbocycles. The second-order valence-electron chi connectivity index (χ2n) is 5.87. The Bertz CT molecular complexity index is 461. The molecule has 118 valence electrons. The first-order valence-electron chi connectivity index (χ1n) is 6.87. The highest BCUT2D eigenvalue weighted by Gasteiger charge is 2.24. The first-order chi connectivity index (χ1) is 9.67. The Morgan fingerprint density at radius 3 is 2.52 bits per heavy atom. The molecule has 0 aliphatic carbocycles. The summed E-state index contributed by atoms with van der Waals surface area (Å²) >= 11 is 0. The molecule has 6 nitrogen and oxygen atoms in total.